The highest BCUT2D eigenvalue weighted by atomic mass is 79.9. The smallest absolute Gasteiger partial charge is 0.0992 e. The molecule has 2 aromatic carbocycles. The van der Waals surface area contributed by atoms with E-state index in [0.717, 1.165) is 15.6 Å². The highest BCUT2D eigenvalue weighted by molar-refractivity contribution is 9.10. The Morgan fingerprint density at radius 3 is 1.76 bits per heavy atom. The molecule has 0 saturated carbocycles. The van der Waals surface area contributed by atoms with Crippen LogP contribution in [0.2, 0.25) is 0 Å². The normalized spacial score (nSPS) is 9.35. The van der Waals surface area contributed by atoms with Crippen LogP contribution in [-0.4, -0.2) is 0 Å². The summed E-state index contributed by atoms with van der Waals surface area (Å²) in [5.74, 6) is 0. The van der Waals surface area contributed by atoms with Crippen molar-refractivity contribution in [2.24, 2.45) is 0 Å². The zero-order valence-electron chi connectivity index (χ0n) is 8.81. The van der Waals surface area contributed by atoms with E-state index in [1.54, 1.807) is 18.2 Å². The molecule has 3 heteroatoms. The molecule has 0 heterocycles. The van der Waals surface area contributed by atoms with E-state index >= 15 is 0 Å². The Morgan fingerprint density at radius 1 is 0.765 bits per heavy atom. The minimum atomic E-state index is 0.502. The first kappa shape index (κ1) is 11.4. The summed E-state index contributed by atoms with van der Waals surface area (Å²) in [5, 5.41) is 17.8. The van der Waals surface area contributed by atoms with Crippen molar-refractivity contribution in [1.29, 1.82) is 10.5 Å². The molecule has 0 saturated heterocycles. The Morgan fingerprint density at radius 2 is 1.29 bits per heavy atom. The summed E-state index contributed by atoms with van der Waals surface area (Å²) in [7, 11) is 0. The number of benzene rings is 2. The minimum Gasteiger partial charge on any atom is -0.192 e. The van der Waals surface area contributed by atoms with E-state index < -0.39 is 0 Å². The molecule has 0 aromatic heterocycles. The number of rotatable bonds is 1. The summed E-state index contributed by atoms with van der Waals surface area (Å²) in [6, 6.07) is 17.0. The maximum atomic E-state index is 8.91. The monoisotopic (exact) mass is 282 g/mol. The van der Waals surface area contributed by atoms with Gasteiger partial charge in [-0.05, 0) is 41.5 Å². The summed E-state index contributed by atoms with van der Waals surface area (Å²) < 4.78 is 0.998. The molecule has 0 atom stereocenters. The largest absolute Gasteiger partial charge is 0.192 e. The van der Waals surface area contributed by atoms with Crippen molar-refractivity contribution >= 4 is 15.9 Å². The third-order valence-electron chi connectivity index (χ3n) is 2.37. The van der Waals surface area contributed by atoms with Crippen molar-refractivity contribution in [1.82, 2.24) is 0 Å². The highest BCUT2D eigenvalue weighted by Crippen LogP contribution is 2.23. The van der Waals surface area contributed by atoms with Gasteiger partial charge in [0.1, 0.15) is 0 Å². The number of nitriles is 2. The zero-order valence-corrected chi connectivity index (χ0v) is 10.4. The molecule has 0 aliphatic rings. The van der Waals surface area contributed by atoms with Gasteiger partial charge in [-0.25, -0.2) is 0 Å². The van der Waals surface area contributed by atoms with Gasteiger partial charge in [-0.15, -0.1) is 0 Å². The van der Waals surface area contributed by atoms with Crippen LogP contribution in [-0.2, 0) is 0 Å². The van der Waals surface area contributed by atoms with Gasteiger partial charge in [0.05, 0.1) is 23.3 Å². The van der Waals surface area contributed by atoms with E-state index in [2.05, 4.69) is 28.1 Å². The molecule has 80 valence electrons. The van der Waals surface area contributed by atoms with Crippen LogP contribution in [0.3, 0.4) is 0 Å². The van der Waals surface area contributed by atoms with Crippen LogP contribution in [0.5, 0.6) is 0 Å². The van der Waals surface area contributed by atoms with Gasteiger partial charge in [-0.3, -0.25) is 0 Å². The quantitative estimate of drug-likeness (QED) is 0.797. The Kier molecular flexibility index (Phi) is 3.23. The number of hydrogen-bond donors (Lipinski definition) is 0. The van der Waals surface area contributed by atoms with Crippen molar-refractivity contribution in [3.63, 3.8) is 0 Å². The van der Waals surface area contributed by atoms with Crippen molar-refractivity contribution in [2.45, 2.75) is 0 Å². The molecule has 0 N–H and O–H groups in total. The molecule has 0 aliphatic heterocycles. The zero-order chi connectivity index (χ0) is 12.3. The van der Waals surface area contributed by atoms with E-state index in [1.807, 2.05) is 24.3 Å². The molecule has 17 heavy (non-hydrogen) atoms. The number of nitrogens with zero attached hydrogens (tertiary/aromatic N) is 2. The lowest BCUT2D eigenvalue weighted by molar-refractivity contribution is 1.44. The third kappa shape index (κ3) is 2.53. The highest BCUT2D eigenvalue weighted by Gasteiger charge is 2.03. The molecule has 0 amide bonds. The Hall–Kier alpha value is -2.10. The molecule has 0 spiro atoms. The first-order valence-electron chi connectivity index (χ1n) is 4.94. The van der Waals surface area contributed by atoms with Gasteiger partial charge in [0, 0.05) is 4.47 Å². The predicted octanol–water partition coefficient (Wildman–Crippen LogP) is 3.86. The molecule has 0 aliphatic carbocycles. The van der Waals surface area contributed by atoms with Crippen molar-refractivity contribution in [2.75, 3.05) is 0 Å². The predicted molar refractivity (Wildman–Crippen MR) is 69.0 cm³/mol. The van der Waals surface area contributed by atoms with Crippen molar-refractivity contribution in [3.8, 4) is 23.3 Å². The molecule has 0 unspecified atom stereocenters. The first-order chi connectivity index (χ1) is 8.22. The molecule has 0 bridgehead atoms. The van der Waals surface area contributed by atoms with E-state index in [1.165, 1.54) is 0 Å². The van der Waals surface area contributed by atoms with Crippen LogP contribution in [0.1, 0.15) is 11.1 Å². The van der Waals surface area contributed by atoms with Crippen LogP contribution < -0.4 is 0 Å². The second kappa shape index (κ2) is 4.82. The molecule has 2 rings (SSSR count). The second-order valence-corrected chi connectivity index (χ2v) is 4.45. The second-order valence-electron chi connectivity index (χ2n) is 3.53. The standard InChI is InChI=1S/C14H7BrN2/c15-14-3-1-12(2-4-14)13-6-10(8-16)5-11(7-13)9-17/h1-7H. The first-order valence-corrected chi connectivity index (χ1v) is 5.73. The van der Waals surface area contributed by atoms with Gasteiger partial charge in [-0.2, -0.15) is 10.5 Å². The Labute approximate surface area is 108 Å². The lowest BCUT2D eigenvalue weighted by atomic mass is 10.0. The molecule has 2 aromatic rings. The molecular formula is C14H7BrN2. The fourth-order valence-corrected chi connectivity index (χ4v) is 1.83. The summed E-state index contributed by atoms with van der Waals surface area (Å²) >= 11 is 3.37. The van der Waals surface area contributed by atoms with Crippen LogP contribution in [0.15, 0.2) is 46.9 Å². The summed E-state index contributed by atoms with van der Waals surface area (Å²) in [4.78, 5) is 0. The van der Waals surface area contributed by atoms with E-state index in [-0.39, 0.29) is 0 Å². The fraction of sp³-hybridized carbons (Fsp3) is 0. The van der Waals surface area contributed by atoms with Crippen LogP contribution >= 0.6 is 15.9 Å². The van der Waals surface area contributed by atoms with Crippen LogP contribution in [0.4, 0.5) is 0 Å². The van der Waals surface area contributed by atoms with Gasteiger partial charge in [0.15, 0.2) is 0 Å². The Balaban J connectivity index is 2.56. The number of halogens is 1. The van der Waals surface area contributed by atoms with Crippen LogP contribution in [0.25, 0.3) is 11.1 Å². The Bertz CT molecular complexity index is 599. The van der Waals surface area contributed by atoms with Gasteiger partial charge in [0.25, 0.3) is 0 Å². The molecular weight excluding hydrogens is 276 g/mol. The van der Waals surface area contributed by atoms with Gasteiger partial charge < -0.3 is 0 Å². The summed E-state index contributed by atoms with van der Waals surface area (Å²) in [5.41, 5.74) is 2.87. The van der Waals surface area contributed by atoms with Gasteiger partial charge >= 0.3 is 0 Å². The molecule has 0 fully saturated rings. The topological polar surface area (TPSA) is 47.6 Å². The summed E-state index contributed by atoms with van der Waals surface area (Å²) in [6.07, 6.45) is 0. The molecule has 2 nitrogen and oxygen atoms in total. The van der Waals surface area contributed by atoms with Crippen molar-refractivity contribution in [3.05, 3.63) is 58.1 Å². The molecule has 0 radical (unpaired) electrons. The van der Waals surface area contributed by atoms with Gasteiger partial charge in [-0.1, -0.05) is 28.1 Å². The fourth-order valence-electron chi connectivity index (χ4n) is 1.57. The lowest BCUT2D eigenvalue weighted by Gasteiger charge is -2.03. The third-order valence-corrected chi connectivity index (χ3v) is 2.90. The maximum Gasteiger partial charge on any atom is 0.0992 e. The van der Waals surface area contributed by atoms with E-state index in [9.17, 15) is 0 Å². The minimum absolute atomic E-state index is 0.502. The number of hydrogen-bond acceptors (Lipinski definition) is 2. The SMILES string of the molecule is N#Cc1cc(C#N)cc(-c2ccc(Br)cc2)c1. The maximum absolute atomic E-state index is 8.91. The average Bonchev–Trinajstić information content (AvgIpc) is 2.39. The van der Waals surface area contributed by atoms with Gasteiger partial charge in [0.2, 0.25) is 0 Å². The lowest BCUT2D eigenvalue weighted by Crippen LogP contribution is -1.84. The van der Waals surface area contributed by atoms with Crippen LogP contribution in [0, 0.1) is 22.7 Å². The van der Waals surface area contributed by atoms with E-state index in [0.29, 0.717) is 11.1 Å². The van der Waals surface area contributed by atoms with E-state index in [4.69, 9.17) is 10.5 Å². The summed E-state index contributed by atoms with van der Waals surface area (Å²) in [6.45, 7) is 0. The average molecular weight is 283 g/mol. The van der Waals surface area contributed by atoms with Crippen molar-refractivity contribution < 1.29 is 0 Å².